The zero-order chi connectivity index (χ0) is 42.8. The van der Waals surface area contributed by atoms with Crippen molar-refractivity contribution in [1.82, 2.24) is 5.32 Å². The van der Waals surface area contributed by atoms with Crippen LogP contribution in [0.3, 0.4) is 0 Å². The number of unbranched alkanes of at least 4 members (excludes halogenated alkanes) is 22. The van der Waals surface area contributed by atoms with E-state index in [9.17, 15) is 40.5 Å². The van der Waals surface area contributed by atoms with Crippen molar-refractivity contribution < 1.29 is 50.0 Å². The third kappa shape index (κ3) is 26.2. The van der Waals surface area contributed by atoms with E-state index in [1.807, 2.05) is 0 Å². The molecule has 0 aliphatic carbocycles. The predicted molar refractivity (Wildman–Crippen MR) is 233 cm³/mol. The summed E-state index contributed by atoms with van der Waals surface area (Å²) in [6, 6.07) is -1.17. The van der Waals surface area contributed by atoms with Crippen LogP contribution in [-0.4, -0.2) is 110 Å². The van der Waals surface area contributed by atoms with Gasteiger partial charge in [0.2, 0.25) is 5.91 Å². The molecule has 1 amide bonds. The zero-order valence-electron chi connectivity index (χ0n) is 37.2. The molecule has 0 saturated carbocycles. The first-order valence-corrected chi connectivity index (χ1v) is 24.0. The quantitative estimate of drug-likeness (QED) is 0.0223. The molecule has 58 heavy (non-hydrogen) atoms. The van der Waals surface area contributed by atoms with Crippen molar-refractivity contribution in [3.8, 4) is 0 Å². The Bertz CT molecular complexity index is 970. The first-order valence-electron chi connectivity index (χ1n) is 24.0. The summed E-state index contributed by atoms with van der Waals surface area (Å²) >= 11 is 0. The van der Waals surface area contributed by atoms with E-state index in [-0.39, 0.29) is 6.42 Å². The molecule has 1 rings (SSSR count). The minimum atomic E-state index is -1.66. The molecule has 8 N–H and O–H groups in total. The predicted octanol–water partition coefficient (Wildman–Crippen LogP) is 7.92. The lowest BCUT2D eigenvalue weighted by molar-refractivity contribution is -0.303. The molecule has 0 aromatic rings. The third-order valence-electron chi connectivity index (χ3n) is 12.1. The van der Waals surface area contributed by atoms with E-state index in [0.29, 0.717) is 19.3 Å². The van der Waals surface area contributed by atoms with E-state index in [1.54, 1.807) is 0 Å². The van der Waals surface area contributed by atoms with Crippen LogP contribution < -0.4 is 5.32 Å². The second-order valence-electron chi connectivity index (χ2n) is 17.4. The van der Waals surface area contributed by atoms with Gasteiger partial charge in [-0.2, -0.15) is 0 Å². The second-order valence-corrected chi connectivity index (χ2v) is 17.4. The third-order valence-corrected chi connectivity index (χ3v) is 12.1. The van der Waals surface area contributed by atoms with Crippen molar-refractivity contribution in [3.05, 3.63) is 12.2 Å². The number of rotatable bonds is 39. The van der Waals surface area contributed by atoms with Gasteiger partial charge in [-0.15, -0.1) is 0 Å². The fourth-order valence-corrected chi connectivity index (χ4v) is 7.70. The maximum Gasteiger partial charge on any atom is 0.249 e. The van der Waals surface area contributed by atoms with Crippen LogP contribution in [0, 0.1) is 5.92 Å². The molecule has 0 spiro atoms. The van der Waals surface area contributed by atoms with Gasteiger partial charge >= 0.3 is 0 Å². The minimum Gasteiger partial charge on any atom is -0.394 e. The van der Waals surface area contributed by atoms with Gasteiger partial charge in [-0.05, 0) is 44.4 Å². The normalized spacial score (nSPS) is 22.6. The zero-order valence-corrected chi connectivity index (χ0v) is 37.2. The van der Waals surface area contributed by atoms with Gasteiger partial charge in [0.05, 0.1) is 25.4 Å². The fourth-order valence-electron chi connectivity index (χ4n) is 7.70. The molecule has 1 aliphatic rings. The Labute approximate surface area is 353 Å². The lowest BCUT2D eigenvalue weighted by Gasteiger charge is -2.40. The molecule has 1 saturated heterocycles. The number of amides is 1. The van der Waals surface area contributed by atoms with E-state index in [4.69, 9.17) is 9.47 Å². The van der Waals surface area contributed by atoms with Crippen LogP contribution in [-0.2, 0) is 14.3 Å². The molecule has 11 nitrogen and oxygen atoms in total. The second kappa shape index (κ2) is 36.5. The summed E-state index contributed by atoms with van der Waals surface area (Å²) in [5, 5.41) is 75.6. The summed E-state index contributed by atoms with van der Waals surface area (Å²) in [6.07, 6.45) is 25.6. The van der Waals surface area contributed by atoms with Crippen LogP contribution in [0.15, 0.2) is 12.2 Å². The fraction of sp³-hybridized carbons (Fsp3) is 0.936. The largest absolute Gasteiger partial charge is 0.394 e. The smallest absolute Gasteiger partial charge is 0.249 e. The molecule has 11 heteroatoms. The molecular formula is C47H91NO10. The van der Waals surface area contributed by atoms with Gasteiger partial charge in [-0.3, -0.25) is 4.79 Å². The molecule has 0 aromatic carbocycles. The Morgan fingerprint density at radius 1 is 0.638 bits per heavy atom. The molecular weight excluding hydrogens is 739 g/mol. The summed E-state index contributed by atoms with van der Waals surface area (Å²) in [5.41, 5.74) is 0. The number of nitrogens with one attached hydrogen (secondary N) is 1. The summed E-state index contributed by atoms with van der Waals surface area (Å²) < 4.78 is 11.1. The standard InChI is InChI=1S/C47H91NO10/c1-4-6-7-8-9-10-11-12-13-14-15-16-17-18-19-20-21-24-28-31-34-40(51)46(56)48-38(36-57-47-45(55)44(54)43(53)41(35-49)58-47)42(52)39(50)33-30-27-25-22-23-26-29-32-37(3)5-2/h12-13,37-45,47,49-55H,4-11,14-36H2,1-3H3,(H,48,56)/b13-12-/t37?,38-,39+,40+,41?,42-,43+,44?,45?,47+/m0/s1. The van der Waals surface area contributed by atoms with Gasteiger partial charge < -0.3 is 50.5 Å². The van der Waals surface area contributed by atoms with E-state index >= 15 is 0 Å². The van der Waals surface area contributed by atoms with Crippen LogP contribution in [0.5, 0.6) is 0 Å². The summed E-state index contributed by atoms with van der Waals surface area (Å²) in [6.45, 7) is 5.73. The van der Waals surface area contributed by atoms with E-state index < -0.39 is 74.2 Å². The molecule has 0 bridgehead atoms. The molecule has 10 atom stereocenters. The molecule has 1 fully saturated rings. The van der Waals surface area contributed by atoms with E-state index in [1.165, 1.54) is 122 Å². The van der Waals surface area contributed by atoms with Gasteiger partial charge in [0.1, 0.15) is 36.6 Å². The number of carbonyl (C=O) groups is 1. The van der Waals surface area contributed by atoms with Gasteiger partial charge in [0.25, 0.3) is 0 Å². The highest BCUT2D eigenvalue weighted by atomic mass is 16.7. The molecule has 1 heterocycles. The first-order chi connectivity index (χ1) is 28.1. The minimum absolute atomic E-state index is 0.260. The highest BCUT2D eigenvalue weighted by Crippen LogP contribution is 2.23. The average Bonchev–Trinajstić information content (AvgIpc) is 3.22. The number of carbonyl (C=O) groups excluding carboxylic acids is 1. The lowest BCUT2D eigenvalue weighted by atomic mass is 9.98. The van der Waals surface area contributed by atoms with Crippen LogP contribution in [0.1, 0.15) is 207 Å². The van der Waals surface area contributed by atoms with Crippen molar-refractivity contribution in [2.24, 2.45) is 5.92 Å². The average molecular weight is 830 g/mol. The van der Waals surface area contributed by atoms with E-state index in [2.05, 4.69) is 38.2 Å². The van der Waals surface area contributed by atoms with Gasteiger partial charge in [-0.25, -0.2) is 0 Å². The van der Waals surface area contributed by atoms with E-state index in [0.717, 1.165) is 44.4 Å². The van der Waals surface area contributed by atoms with Crippen molar-refractivity contribution in [1.29, 1.82) is 0 Å². The van der Waals surface area contributed by atoms with Crippen LogP contribution in [0.2, 0.25) is 0 Å². The van der Waals surface area contributed by atoms with Crippen LogP contribution >= 0.6 is 0 Å². The Balaban J connectivity index is 2.40. The molecule has 0 aromatic heterocycles. The van der Waals surface area contributed by atoms with Crippen molar-refractivity contribution >= 4 is 5.91 Å². The van der Waals surface area contributed by atoms with Gasteiger partial charge in [-0.1, -0.05) is 181 Å². The summed E-state index contributed by atoms with van der Waals surface area (Å²) in [7, 11) is 0. The summed E-state index contributed by atoms with van der Waals surface area (Å²) in [5.74, 6) is 0.0784. The topological polar surface area (TPSA) is 189 Å². The molecule has 4 unspecified atom stereocenters. The highest BCUT2D eigenvalue weighted by molar-refractivity contribution is 5.80. The number of hydrogen-bond acceptors (Lipinski definition) is 10. The number of aliphatic hydroxyl groups is 7. The Hall–Kier alpha value is -1.15. The van der Waals surface area contributed by atoms with Crippen LogP contribution in [0.4, 0.5) is 0 Å². The van der Waals surface area contributed by atoms with Crippen LogP contribution in [0.25, 0.3) is 0 Å². The van der Waals surface area contributed by atoms with Crippen molar-refractivity contribution in [2.75, 3.05) is 13.2 Å². The SMILES string of the molecule is CCCCCCCC/C=C\CCCCCCCCCCCC[C@@H](O)C(=O)N[C@@H](CO[C@@H]1OC(CO)[C@@H](O)C(O)C1O)[C@H](O)[C@H](O)CCCCCCCCCC(C)CC. The first kappa shape index (κ1) is 54.9. The molecule has 0 radical (unpaired) electrons. The monoisotopic (exact) mass is 830 g/mol. The maximum atomic E-state index is 13.1. The molecule has 344 valence electrons. The number of hydrogen-bond donors (Lipinski definition) is 8. The Morgan fingerprint density at radius 2 is 1.10 bits per heavy atom. The number of aliphatic hydroxyl groups excluding tert-OH is 7. The number of ether oxygens (including phenoxy) is 2. The Morgan fingerprint density at radius 3 is 1.60 bits per heavy atom. The number of allylic oxidation sites excluding steroid dienone is 2. The summed E-state index contributed by atoms with van der Waals surface area (Å²) in [4.78, 5) is 13.1. The van der Waals surface area contributed by atoms with Crippen molar-refractivity contribution in [3.63, 3.8) is 0 Å². The maximum absolute atomic E-state index is 13.1. The van der Waals surface area contributed by atoms with Gasteiger partial charge in [0.15, 0.2) is 6.29 Å². The Kier molecular flexibility index (Phi) is 34.5. The molecule has 1 aliphatic heterocycles. The van der Waals surface area contributed by atoms with Crippen molar-refractivity contribution in [2.45, 2.75) is 262 Å². The highest BCUT2D eigenvalue weighted by Gasteiger charge is 2.44. The lowest BCUT2D eigenvalue weighted by Crippen LogP contribution is -2.60. The van der Waals surface area contributed by atoms with Gasteiger partial charge in [0, 0.05) is 0 Å².